The predicted octanol–water partition coefficient (Wildman–Crippen LogP) is 4.91. The van der Waals surface area contributed by atoms with Gasteiger partial charge in [-0.15, -0.1) is 0 Å². The third-order valence-corrected chi connectivity index (χ3v) is 7.45. The number of rotatable bonds is 9. The Kier molecular flexibility index (Phi) is 8.23. The van der Waals surface area contributed by atoms with Gasteiger partial charge in [0.1, 0.15) is 18.5 Å². The first kappa shape index (κ1) is 27.6. The molecule has 1 saturated heterocycles. The number of aromatic nitrogens is 2. The van der Waals surface area contributed by atoms with Crippen LogP contribution in [0.3, 0.4) is 0 Å². The normalized spacial score (nSPS) is 17.7. The number of hydrogen-bond donors (Lipinski definition) is 4. The number of halogens is 1. The number of carbonyl (C=O) groups is 1. The van der Waals surface area contributed by atoms with Crippen molar-refractivity contribution in [1.29, 1.82) is 0 Å². The Balaban J connectivity index is 1.11. The number of para-hydroxylation sites is 3. The van der Waals surface area contributed by atoms with Gasteiger partial charge in [0, 0.05) is 12.5 Å². The van der Waals surface area contributed by atoms with E-state index in [0.717, 1.165) is 28.0 Å². The highest BCUT2D eigenvalue weighted by Gasteiger charge is 2.29. The van der Waals surface area contributed by atoms with E-state index in [1.54, 1.807) is 6.07 Å². The lowest BCUT2D eigenvalue weighted by atomic mass is 9.85. The molecule has 3 atom stereocenters. The van der Waals surface area contributed by atoms with Crippen molar-refractivity contribution in [2.45, 2.75) is 24.1 Å². The zero-order valence-corrected chi connectivity index (χ0v) is 22.9. The van der Waals surface area contributed by atoms with Crippen LogP contribution in [0.5, 0.6) is 5.75 Å². The van der Waals surface area contributed by atoms with Gasteiger partial charge in [0.25, 0.3) is 0 Å². The van der Waals surface area contributed by atoms with Crippen LogP contribution in [0, 0.1) is 5.82 Å². The fourth-order valence-corrected chi connectivity index (χ4v) is 5.27. The Hall–Kier alpha value is -4.57. The minimum absolute atomic E-state index is 0.0583. The summed E-state index contributed by atoms with van der Waals surface area (Å²) < 4.78 is 26.9. The molecule has 0 radical (unpaired) electrons. The van der Waals surface area contributed by atoms with Crippen LogP contribution < -0.4 is 21.1 Å². The highest BCUT2D eigenvalue weighted by Crippen LogP contribution is 2.31. The van der Waals surface area contributed by atoms with Crippen LogP contribution in [0.25, 0.3) is 11.0 Å². The molecule has 5 aromatic rings. The van der Waals surface area contributed by atoms with Gasteiger partial charge in [-0.05, 0) is 35.4 Å². The van der Waals surface area contributed by atoms with Gasteiger partial charge in [-0.1, -0.05) is 78.9 Å². The third-order valence-electron chi connectivity index (χ3n) is 7.45. The summed E-state index contributed by atoms with van der Waals surface area (Å²) in [6.45, 7) is 0.953. The minimum atomic E-state index is -0.938. The van der Waals surface area contributed by atoms with Crippen molar-refractivity contribution in [3.05, 3.63) is 126 Å². The molecule has 0 saturated carbocycles. The molecule has 0 unspecified atom stereocenters. The quantitative estimate of drug-likeness (QED) is 0.202. The number of morpholine rings is 1. The molecule has 1 aliphatic rings. The number of imidazole rings is 1. The lowest BCUT2D eigenvalue weighted by Crippen LogP contribution is -2.44. The molecule has 214 valence electrons. The number of hydrogen-bond acceptors (Lipinski definition) is 6. The summed E-state index contributed by atoms with van der Waals surface area (Å²) >= 11 is 0. The largest absolute Gasteiger partial charge is 0.486 e. The van der Waals surface area contributed by atoms with Gasteiger partial charge in [0.2, 0.25) is 5.91 Å². The van der Waals surface area contributed by atoms with Gasteiger partial charge < -0.3 is 30.8 Å². The van der Waals surface area contributed by atoms with Crippen LogP contribution in [0.2, 0.25) is 0 Å². The summed E-state index contributed by atoms with van der Waals surface area (Å²) in [7, 11) is 0. The Morgan fingerprint density at radius 3 is 2.33 bits per heavy atom. The smallest absolute Gasteiger partial charge is 0.242 e. The molecule has 9 heteroatoms. The van der Waals surface area contributed by atoms with Crippen molar-refractivity contribution in [1.82, 2.24) is 15.3 Å². The van der Waals surface area contributed by atoms with Gasteiger partial charge in [-0.25, -0.2) is 9.37 Å². The van der Waals surface area contributed by atoms with E-state index >= 15 is 0 Å². The maximum atomic E-state index is 15.0. The van der Waals surface area contributed by atoms with Crippen molar-refractivity contribution in [3.8, 4) is 5.75 Å². The van der Waals surface area contributed by atoms with Gasteiger partial charge in [0.15, 0.2) is 11.6 Å². The Morgan fingerprint density at radius 1 is 0.976 bits per heavy atom. The van der Waals surface area contributed by atoms with E-state index in [2.05, 4.69) is 20.6 Å². The van der Waals surface area contributed by atoms with Crippen LogP contribution in [0.4, 0.5) is 10.1 Å². The number of ether oxygens (including phenoxy) is 2. The van der Waals surface area contributed by atoms with Crippen molar-refractivity contribution < 1.29 is 18.7 Å². The molecule has 2 heterocycles. The van der Waals surface area contributed by atoms with Crippen LogP contribution >= 0.6 is 0 Å². The van der Waals surface area contributed by atoms with Crippen LogP contribution in [-0.2, 0) is 9.53 Å². The molecule has 8 nitrogen and oxygen atoms in total. The van der Waals surface area contributed by atoms with Crippen LogP contribution in [0.1, 0.15) is 28.9 Å². The summed E-state index contributed by atoms with van der Waals surface area (Å²) in [5.41, 5.74) is 10.4. The summed E-state index contributed by atoms with van der Waals surface area (Å²) in [5, 5.41) is 6.23. The monoisotopic (exact) mass is 565 g/mol. The predicted molar refractivity (Wildman–Crippen MR) is 160 cm³/mol. The van der Waals surface area contributed by atoms with Gasteiger partial charge in [0.05, 0.1) is 35.4 Å². The summed E-state index contributed by atoms with van der Waals surface area (Å²) in [5.74, 6) is -0.695. The van der Waals surface area contributed by atoms with E-state index in [-0.39, 0.29) is 30.2 Å². The van der Waals surface area contributed by atoms with Crippen molar-refractivity contribution in [2.75, 3.05) is 25.1 Å². The van der Waals surface area contributed by atoms with Crippen LogP contribution in [0.15, 0.2) is 103 Å². The van der Waals surface area contributed by atoms with Crippen LogP contribution in [-0.4, -0.2) is 47.8 Å². The van der Waals surface area contributed by atoms with E-state index in [1.807, 2.05) is 84.9 Å². The Bertz CT molecular complexity index is 1570. The van der Waals surface area contributed by atoms with E-state index in [0.29, 0.717) is 13.2 Å². The number of nitrogens with zero attached hydrogens (tertiary/aromatic N) is 1. The second-order valence-electron chi connectivity index (χ2n) is 10.3. The number of nitrogens with two attached hydrogens (primary N) is 1. The number of H-pyrrole nitrogens is 1. The summed E-state index contributed by atoms with van der Waals surface area (Å²) in [6, 6.07) is 30.5. The fraction of sp³-hybridized carbons (Fsp3) is 0.212. The molecule has 1 fully saturated rings. The topological polar surface area (TPSA) is 114 Å². The summed E-state index contributed by atoms with van der Waals surface area (Å²) in [4.78, 5) is 21.4. The maximum absolute atomic E-state index is 15.0. The number of anilines is 1. The van der Waals surface area contributed by atoms with E-state index in [1.165, 1.54) is 12.1 Å². The first-order chi connectivity index (χ1) is 20.6. The molecular weight excluding hydrogens is 533 g/mol. The Labute approximate surface area is 243 Å². The lowest BCUT2D eigenvalue weighted by molar-refractivity contribution is -0.117. The second-order valence-corrected chi connectivity index (χ2v) is 10.3. The van der Waals surface area contributed by atoms with Gasteiger partial charge >= 0.3 is 0 Å². The van der Waals surface area contributed by atoms with E-state index < -0.39 is 23.7 Å². The third kappa shape index (κ3) is 6.03. The Morgan fingerprint density at radius 2 is 1.67 bits per heavy atom. The number of benzene rings is 4. The van der Waals surface area contributed by atoms with Crippen molar-refractivity contribution in [3.63, 3.8) is 0 Å². The number of fused-ring (bicyclic) bond motifs is 1. The molecule has 1 aromatic heterocycles. The van der Waals surface area contributed by atoms with Gasteiger partial charge in [-0.3, -0.25) is 4.79 Å². The fourth-order valence-electron chi connectivity index (χ4n) is 5.27. The molecule has 5 N–H and O–H groups in total. The molecule has 1 aliphatic heterocycles. The molecule has 42 heavy (non-hydrogen) atoms. The number of nitrogens with one attached hydrogen (secondary N) is 3. The standard InChI is InChI=1S/C33H32FN5O3/c34-24-14-9-17-27(39-33(40)30(35)29(21-10-3-1-4-11-21)22-12-5-2-6-13-22)31(24)42-19-23-18-36-28(20-41-23)32-37-25-15-7-8-16-26(25)38-32/h1-17,23,28-30,36H,18-20,35H2,(H,37,38)(H,39,40)/t23-,28-,30-/m0/s1. The zero-order chi connectivity index (χ0) is 28.9. The molecule has 0 bridgehead atoms. The highest BCUT2D eigenvalue weighted by atomic mass is 19.1. The maximum Gasteiger partial charge on any atom is 0.242 e. The highest BCUT2D eigenvalue weighted by molar-refractivity contribution is 5.97. The molecule has 1 amide bonds. The molecular formula is C33H32FN5O3. The van der Waals surface area contributed by atoms with Crippen molar-refractivity contribution >= 4 is 22.6 Å². The minimum Gasteiger partial charge on any atom is -0.486 e. The molecule has 4 aromatic carbocycles. The average molecular weight is 566 g/mol. The lowest BCUT2D eigenvalue weighted by Gasteiger charge is -2.29. The van der Waals surface area contributed by atoms with Crippen molar-refractivity contribution in [2.24, 2.45) is 5.73 Å². The van der Waals surface area contributed by atoms with E-state index in [4.69, 9.17) is 15.2 Å². The second kappa shape index (κ2) is 12.5. The number of carbonyl (C=O) groups excluding carboxylic acids is 1. The number of aromatic amines is 1. The van der Waals surface area contributed by atoms with E-state index in [9.17, 15) is 9.18 Å². The SMILES string of the molecule is N[C@H](C(=O)Nc1cccc(F)c1OC[C@@H]1CN[C@H](c2nc3ccccc3[nH]2)CO1)C(c1ccccc1)c1ccccc1. The first-order valence-electron chi connectivity index (χ1n) is 13.9. The molecule has 6 rings (SSSR count). The average Bonchev–Trinajstić information content (AvgIpc) is 3.47. The summed E-state index contributed by atoms with van der Waals surface area (Å²) in [6.07, 6.45) is -0.323. The number of amides is 1. The first-order valence-corrected chi connectivity index (χ1v) is 13.9. The molecule has 0 aliphatic carbocycles. The van der Waals surface area contributed by atoms with Gasteiger partial charge in [-0.2, -0.15) is 0 Å². The zero-order valence-electron chi connectivity index (χ0n) is 22.9. The molecule has 0 spiro atoms.